The minimum Gasteiger partial charge on any atom is -0.319 e. The zero-order chi connectivity index (χ0) is 18.5. The molecule has 0 saturated carbocycles. The molecule has 1 aromatic heterocycles. The molecule has 3 aromatic rings. The van der Waals surface area contributed by atoms with E-state index in [0.717, 1.165) is 11.1 Å². The number of nitriles is 1. The van der Waals surface area contributed by atoms with Crippen LogP contribution in [0.25, 0.3) is 17.3 Å². The number of nitrogens with zero attached hydrogens (tertiary/aromatic N) is 2. The summed E-state index contributed by atoms with van der Waals surface area (Å²) < 4.78 is 13.7. The highest BCUT2D eigenvalue weighted by molar-refractivity contribution is 6.10. The highest BCUT2D eigenvalue weighted by Gasteiger charge is 2.14. The fourth-order valence-corrected chi connectivity index (χ4v) is 2.41. The standard InChI is InChI=1S/C20H15FN4O/c1-13-6-8-14(9-7-13)19-16(12-23-25-19)10-15(11-22)20(26)24-18-5-3-2-4-17(18)21/h2-10,12H,1H3,(H,23,25)(H,24,26)/b15-10+. The molecule has 128 valence electrons. The molecule has 26 heavy (non-hydrogen) atoms. The van der Waals surface area contributed by atoms with Crippen LogP contribution in [0.5, 0.6) is 0 Å². The van der Waals surface area contributed by atoms with E-state index in [0.29, 0.717) is 11.3 Å². The van der Waals surface area contributed by atoms with E-state index in [2.05, 4.69) is 15.5 Å². The molecule has 0 atom stereocenters. The first-order valence-corrected chi connectivity index (χ1v) is 7.86. The summed E-state index contributed by atoms with van der Waals surface area (Å²) in [6.07, 6.45) is 2.96. The molecule has 1 heterocycles. The predicted octanol–water partition coefficient (Wildman–Crippen LogP) is 4.07. The number of hydrogen-bond acceptors (Lipinski definition) is 3. The maximum Gasteiger partial charge on any atom is 0.266 e. The number of halogens is 1. The molecule has 1 amide bonds. The summed E-state index contributed by atoms with van der Waals surface area (Å²) in [5, 5.41) is 18.6. The maximum atomic E-state index is 13.7. The Kier molecular flexibility index (Phi) is 4.90. The Morgan fingerprint density at radius 2 is 1.96 bits per heavy atom. The van der Waals surface area contributed by atoms with Gasteiger partial charge in [-0.1, -0.05) is 42.0 Å². The second-order valence-corrected chi connectivity index (χ2v) is 5.67. The minimum absolute atomic E-state index is 0.0181. The van der Waals surface area contributed by atoms with Gasteiger partial charge in [0.05, 0.1) is 17.6 Å². The van der Waals surface area contributed by atoms with Crippen molar-refractivity contribution in [3.8, 4) is 17.3 Å². The molecule has 6 heteroatoms. The molecule has 0 aliphatic heterocycles. The third kappa shape index (κ3) is 3.68. The predicted molar refractivity (Wildman–Crippen MR) is 97.4 cm³/mol. The zero-order valence-electron chi connectivity index (χ0n) is 14.0. The van der Waals surface area contributed by atoms with Crippen LogP contribution in [0.15, 0.2) is 60.3 Å². The number of hydrogen-bond donors (Lipinski definition) is 2. The number of aromatic nitrogens is 2. The van der Waals surface area contributed by atoms with Crippen LogP contribution in [0.3, 0.4) is 0 Å². The van der Waals surface area contributed by atoms with E-state index in [9.17, 15) is 14.4 Å². The Balaban J connectivity index is 1.90. The molecule has 0 bridgehead atoms. The van der Waals surface area contributed by atoms with Gasteiger partial charge >= 0.3 is 0 Å². The Labute approximate surface area is 149 Å². The van der Waals surface area contributed by atoms with Crippen molar-refractivity contribution < 1.29 is 9.18 Å². The third-order valence-electron chi connectivity index (χ3n) is 3.80. The topological polar surface area (TPSA) is 81.6 Å². The van der Waals surface area contributed by atoms with Gasteiger partial charge in [0.25, 0.3) is 5.91 Å². The normalized spacial score (nSPS) is 11.0. The molecular formula is C20H15FN4O. The second kappa shape index (κ2) is 7.45. The van der Waals surface area contributed by atoms with E-state index in [-0.39, 0.29) is 11.3 Å². The zero-order valence-corrected chi connectivity index (χ0v) is 14.0. The fourth-order valence-electron chi connectivity index (χ4n) is 2.41. The smallest absolute Gasteiger partial charge is 0.266 e. The first-order valence-electron chi connectivity index (χ1n) is 7.86. The lowest BCUT2D eigenvalue weighted by Crippen LogP contribution is -2.14. The Bertz CT molecular complexity index is 1010. The number of rotatable bonds is 4. The first kappa shape index (κ1) is 17.1. The number of anilines is 1. The molecule has 5 nitrogen and oxygen atoms in total. The third-order valence-corrected chi connectivity index (χ3v) is 3.80. The van der Waals surface area contributed by atoms with E-state index in [1.54, 1.807) is 6.07 Å². The lowest BCUT2D eigenvalue weighted by atomic mass is 10.0. The fraction of sp³-hybridized carbons (Fsp3) is 0.0500. The number of para-hydroxylation sites is 1. The SMILES string of the molecule is Cc1ccc(-c2[nH]ncc2/C=C(\C#N)C(=O)Nc2ccccc2F)cc1. The van der Waals surface area contributed by atoms with Crippen molar-refractivity contribution in [2.45, 2.75) is 6.92 Å². The molecule has 2 aromatic carbocycles. The first-order chi connectivity index (χ1) is 12.6. The average molecular weight is 346 g/mol. The van der Waals surface area contributed by atoms with Crippen LogP contribution < -0.4 is 5.32 Å². The monoisotopic (exact) mass is 346 g/mol. The average Bonchev–Trinajstić information content (AvgIpc) is 3.10. The second-order valence-electron chi connectivity index (χ2n) is 5.67. The molecule has 0 fully saturated rings. The number of aromatic amines is 1. The van der Waals surface area contributed by atoms with Gasteiger partial charge in [0.2, 0.25) is 0 Å². The molecule has 0 unspecified atom stereocenters. The summed E-state index contributed by atoms with van der Waals surface area (Å²) in [6, 6.07) is 15.4. The number of nitrogens with one attached hydrogen (secondary N) is 2. The maximum absolute atomic E-state index is 13.7. The van der Waals surface area contributed by atoms with E-state index >= 15 is 0 Å². The Hall–Kier alpha value is -3.72. The molecule has 0 aliphatic rings. The van der Waals surface area contributed by atoms with E-state index in [1.807, 2.05) is 37.3 Å². The molecule has 3 rings (SSSR count). The number of benzene rings is 2. The lowest BCUT2D eigenvalue weighted by Gasteiger charge is -2.05. The highest BCUT2D eigenvalue weighted by atomic mass is 19.1. The van der Waals surface area contributed by atoms with Crippen molar-refractivity contribution in [1.82, 2.24) is 10.2 Å². The molecule has 0 spiro atoms. The van der Waals surface area contributed by atoms with Crippen molar-refractivity contribution in [3.05, 3.63) is 77.2 Å². The van der Waals surface area contributed by atoms with Crippen molar-refractivity contribution >= 4 is 17.7 Å². The highest BCUT2D eigenvalue weighted by Crippen LogP contribution is 2.24. The molecular weight excluding hydrogens is 331 g/mol. The van der Waals surface area contributed by atoms with Crippen LogP contribution in [0.1, 0.15) is 11.1 Å². The van der Waals surface area contributed by atoms with Crippen molar-refractivity contribution in [2.24, 2.45) is 0 Å². The van der Waals surface area contributed by atoms with Gasteiger partial charge in [0.1, 0.15) is 17.5 Å². The molecule has 0 aliphatic carbocycles. The number of amides is 1. The Morgan fingerprint density at radius 1 is 1.23 bits per heavy atom. The van der Waals surface area contributed by atoms with Gasteiger partial charge in [-0.05, 0) is 25.1 Å². The van der Waals surface area contributed by atoms with Crippen molar-refractivity contribution in [2.75, 3.05) is 5.32 Å². The van der Waals surface area contributed by atoms with Crippen molar-refractivity contribution in [1.29, 1.82) is 5.26 Å². The van der Waals surface area contributed by atoms with Gasteiger partial charge in [0.15, 0.2) is 0 Å². The quantitative estimate of drug-likeness (QED) is 0.552. The lowest BCUT2D eigenvalue weighted by molar-refractivity contribution is -0.112. The molecule has 0 saturated heterocycles. The minimum atomic E-state index is -0.686. The van der Waals surface area contributed by atoms with Crippen LogP contribution in [0.2, 0.25) is 0 Å². The van der Waals surface area contributed by atoms with E-state index in [4.69, 9.17) is 0 Å². The summed E-state index contributed by atoms with van der Waals surface area (Å²) in [4.78, 5) is 12.3. The summed E-state index contributed by atoms with van der Waals surface area (Å²) in [5.41, 5.74) is 3.15. The number of carbonyl (C=O) groups is 1. The number of aryl methyl sites for hydroxylation is 1. The molecule has 2 N–H and O–H groups in total. The van der Waals surface area contributed by atoms with Crippen LogP contribution in [-0.4, -0.2) is 16.1 Å². The van der Waals surface area contributed by atoms with Gasteiger partial charge in [-0.3, -0.25) is 9.89 Å². The van der Waals surface area contributed by atoms with Gasteiger partial charge in [0, 0.05) is 11.1 Å². The van der Waals surface area contributed by atoms with Gasteiger partial charge in [-0.2, -0.15) is 10.4 Å². The van der Waals surface area contributed by atoms with E-state index < -0.39 is 11.7 Å². The van der Waals surface area contributed by atoms with Crippen LogP contribution >= 0.6 is 0 Å². The number of carbonyl (C=O) groups excluding carboxylic acids is 1. The summed E-state index contributed by atoms with van der Waals surface area (Å²) in [7, 11) is 0. The van der Waals surface area contributed by atoms with Gasteiger partial charge < -0.3 is 5.32 Å². The summed E-state index contributed by atoms with van der Waals surface area (Å²) in [6.45, 7) is 1.98. The summed E-state index contributed by atoms with van der Waals surface area (Å²) in [5.74, 6) is -1.25. The van der Waals surface area contributed by atoms with Crippen LogP contribution in [0.4, 0.5) is 10.1 Å². The molecule has 0 radical (unpaired) electrons. The van der Waals surface area contributed by atoms with Crippen molar-refractivity contribution in [3.63, 3.8) is 0 Å². The van der Waals surface area contributed by atoms with Crippen LogP contribution in [-0.2, 0) is 4.79 Å². The van der Waals surface area contributed by atoms with Gasteiger partial charge in [-0.25, -0.2) is 4.39 Å². The van der Waals surface area contributed by atoms with Crippen LogP contribution in [0, 0.1) is 24.1 Å². The summed E-state index contributed by atoms with van der Waals surface area (Å²) >= 11 is 0. The van der Waals surface area contributed by atoms with Gasteiger partial charge in [-0.15, -0.1) is 0 Å². The number of H-pyrrole nitrogens is 1. The Morgan fingerprint density at radius 3 is 2.65 bits per heavy atom. The largest absolute Gasteiger partial charge is 0.319 e. The van der Waals surface area contributed by atoms with E-state index in [1.165, 1.54) is 30.5 Å².